The second-order valence-corrected chi connectivity index (χ2v) is 3.96. The van der Waals surface area contributed by atoms with Gasteiger partial charge in [-0.3, -0.25) is 0 Å². The van der Waals surface area contributed by atoms with E-state index in [4.69, 9.17) is 9.15 Å². The molecule has 0 saturated heterocycles. The van der Waals surface area contributed by atoms with Gasteiger partial charge >= 0.3 is 0 Å². The van der Waals surface area contributed by atoms with Crippen molar-refractivity contribution in [2.45, 2.75) is 26.7 Å². The van der Waals surface area contributed by atoms with E-state index < -0.39 is 0 Å². The van der Waals surface area contributed by atoms with Gasteiger partial charge in [0.1, 0.15) is 5.52 Å². The maximum atomic E-state index is 5.49. The van der Waals surface area contributed by atoms with Gasteiger partial charge < -0.3 is 9.15 Å². The van der Waals surface area contributed by atoms with E-state index in [2.05, 4.69) is 24.9 Å². The highest BCUT2D eigenvalue weighted by Crippen LogP contribution is 2.30. The Morgan fingerprint density at radius 3 is 2.67 bits per heavy atom. The van der Waals surface area contributed by atoms with E-state index in [0.29, 0.717) is 11.8 Å². The summed E-state index contributed by atoms with van der Waals surface area (Å²) in [6.07, 6.45) is 0. The fraction of sp³-hybridized carbons (Fsp3) is 0.417. The van der Waals surface area contributed by atoms with Gasteiger partial charge in [-0.05, 0) is 23.6 Å². The van der Waals surface area contributed by atoms with Crippen LogP contribution < -0.4 is 4.74 Å². The third-order valence-electron chi connectivity index (χ3n) is 2.47. The first-order valence-corrected chi connectivity index (χ1v) is 5.07. The molecule has 0 unspecified atom stereocenters. The molecule has 1 aromatic heterocycles. The third kappa shape index (κ3) is 1.69. The van der Waals surface area contributed by atoms with Crippen molar-refractivity contribution in [3.05, 3.63) is 23.6 Å². The molecule has 0 N–H and O–H groups in total. The number of oxazole rings is 1. The Balaban J connectivity index is 2.70. The summed E-state index contributed by atoms with van der Waals surface area (Å²) in [5.41, 5.74) is 2.82. The number of rotatable bonds is 2. The minimum atomic E-state index is 0.459. The Kier molecular flexibility index (Phi) is 2.39. The number of aromatic nitrogens is 1. The summed E-state index contributed by atoms with van der Waals surface area (Å²) < 4.78 is 10.8. The van der Waals surface area contributed by atoms with Crippen molar-refractivity contribution in [3.8, 4) is 5.75 Å². The molecule has 0 bridgehead atoms. The SMILES string of the molecule is COc1cc(C(C)C)cc2nc(C)oc12. The molecule has 0 saturated carbocycles. The monoisotopic (exact) mass is 205 g/mol. The van der Waals surface area contributed by atoms with Crippen LogP contribution in [0.5, 0.6) is 5.75 Å². The van der Waals surface area contributed by atoms with Crippen molar-refractivity contribution in [1.82, 2.24) is 4.98 Å². The molecule has 1 heterocycles. The summed E-state index contributed by atoms with van der Waals surface area (Å²) in [5, 5.41) is 0. The first-order chi connectivity index (χ1) is 7.11. The van der Waals surface area contributed by atoms with E-state index in [1.807, 2.05) is 13.0 Å². The number of methoxy groups -OCH3 is 1. The summed E-state index contributed by atoms with van der Waals surface area (Å²) in [4.78, 5) is 4.32. The molecule has 0 amide bonds. The molecular weight excluding hydrogens is 190 g/mol. The molecular formula is C12H15NO2. The molecule has 3 heteroatoms. The number of aryl methyl sites for hydroxylation is 1. The van der Waals surface area contributed by atoms with Crippen molar-refractivity contribution >= 4 is 11.1 Å². The van der Waals surface area contributed by atoms with E-state index in [1.54, 1.807) is 7.11 Å². The van der Waals surface area contributed by atoms with Crippen LogP contribution in [-0.4, -0.2) is 12.1 Å². The van der Waals surface area contributed by atoms with Crippen LogP contribution in [0.2, 0.25) is 0 Å². The minimum Gasteiger partial charge on any atom is -0.493 e. The van der Waals surface area contributed by atoms with E-state index in [9.17, 15) is 0 Å². The van der Waals surface area contributed by atoms with Crippen molar-refractivity contribution in [1.29, 1.82) is 0 Å². The van der Waals surface area contributed by atoms with Crippen LogP contribution in [0, 0.1) is 6.92 Å². The number of ether oxygens (including phenoxy) is 1. The first-order valence-electron chi connectivity index (χ1n) is 5.07. The highest BCUT2D eigenvalue weighted by atomic mass is 16.5. The van der Waals surface area contributed by atoms with Gasteiger partial charge in [0.25, 0.3) is 0 Å². The maximum absolute atomic E-state index is 5.49. The molecule has 0 fully saturated rings. The van der Waals surface area contributed by atoms with Gasteiger partial charge in [0.05, 0.1) is 7.11 Å². The number of fused-ring (bicyclic) bond motifs is 1. The average molecular weight is 205 g/mol. The van der Waals surface area contributed by atoms with Gasteiger partial charge in [0.2, 0.25) is 0 Å². The molecule has 0 aliphatic rings. The van der Waals surface area contributed by atoms with Gasteiger partial charge in [-0.2, -0.15) is 0 Å². The van der Waals surface area contributed by atoms with Crippen LogP contribution in [0.3, 0.4) is 0 Å². The topological polar surface area (TPSA) is 35.3 Å². The molecule has 2 aromatic rings. The van der Waals surface area contributed by atoms with E-state index in [0.717, 1.165) is 16.8 Å². The van der Waals surface area contributed by atoms with Crippen LogP contribution in [-0.2, 0) is 0 Å². The van der Waals surface area contributed by atoms with Crippen molar-refractivity contribution < 1.29 is 9.15 Å². The highest BCUT2D eigenvalue weighted by Gasteiger charge is 2.12. The zero-order valence-corrected chi connectivity index (χ0v) is 9.50. The molecule has 1 aromatic carbocycles. The van der Waals surface area contributed by atoms with Crippen LogP contribution in [0.4, 0.5) is 0 Å². The van der Waals surface area contributed by atoms with E-state index in [-0.39, 0.29) is 0 Å². The molecule has 0 spiro atoms. The Labute approximate surface area is 89.1 Å². The van der Waals surface area contributed by atoms with Gasteiger partial charge in [0, 0.05) is 6.92 Å². The Morgan fingerprint density at radius 2 is 2.07 bits per heavy atom. The molecule has 0 atom stereocenters. The van der Waals surface area contributed by atoms with Crippen LogP contribution in [0.1, 0.15) is 31.2 Å². The number of nitrogens with zero attached hydrogens (tertiary/aromatic N) is 1. The van der Waals surface area contributed by atoms with Gasteiger partial charge in [0.15, 0.2) is 17.2 Å². The predicted octanol–water partition coefficient (Wildman–Crippen LogP) is 3.27. The lowest BCUT2D eigenvalue weighted by Gasteiger charge is -2.07. The lowest BCUT2D eigenvalue weighted by Crippen LogP contribution is -1.90. The second-order valence-electron chi connectivity index (χ2n) is 3.96. The summed E-state index contributed by atoms with van der Waals surface area (Å²) in [7, 11) is 1.65. The lowest BCUT2D eigenvalue weighted by atomic mass is 10.0. The standard InChI is InChI=1S/C12H15NO2/c1-7(2)9-5-10-12(11(6-9)14-4)15-8(3)13-10/h5-7H,1-4H3. The molecule has 15 heavy (non-hydrogen) atoms. The van der Waals surface area contributed by atoms with Crippen LogP contribution >= 0.6 is 0 Å². The van der Waals surface area contributed by atoms with Crippen molar-refractivity contribution in [3.63, 3.8) is 0 Å². The Morgan fingerprint density at radius 1 is 1.33 bits per heavy atom. The lowest BCUT2D eigenvalue weighted by molar-refractivity contribution is 0.407. The minimum absolute atomic E-state index is 0.459. The second kappa shape index (κ2) is 3.57. The van der Waals surface area contributed by atoms with Crippen LogP contribution in [0.15, 0.2) is 16.5 Å². The van der Waals surface area contributed by atoms with Gasteiger partial charge in [-0.1, -0.05) is 13.8 Å². The van der Waals surface area contributed by atoms with Crippen molar-refractivity contribution in [2.75, 3.05) is 7.11 Å². The first kappa shape index (κ1) is 10.0. The fourth-order valence-corrected chi connectivity index (χ4v) is 1.62. The molecule has 2 rings (SSSR count). The van der Waals surface area contributed by atoms with Gasteiger partial charge in [-0.15, -0.1) is 0 Å². The van der Waals surface area contributed by atoms with E-state index in [1.165, 1.54) is 5.56 Å². The smallest absolute Gasteiger partial charge is 0.196 e. The van der Waals surface area contributed by atoms with E-state index >= 15 is 0 Å². The summed E-state index contributed by atoms with van der Waals surface area (Å²) in [5.74, 6) is 1.89. The van der Waals surface area contributed by atoms with Crippen molar-refractivity contribution in [2.24, 2.45) is 0 Å². The molecule has 0 aliphatic heterocycles. The maximum Gasteiger partial charge on any atom is 0.196 e. The average Bonchev–Trinajstić information content (AvgIpc) is 2.56. The largest absolute Gasteiger partial charge is 0.493 e. The predicted molar refractivity (Wildman–Crippen MR) is 59.4 cm³/mol. The number of hydrogen-bond acceptors (Lipinski definition) is 3. The molecule has 80 valence electrons. The number of benzene rings is 1. The molecule has 0 radical (unpaired) electrons. The quantitative estimate of drug-likeness (QED) is 0.754. The zero-order valence-electron chi connectivity index (χ0n) is 9.50. The van der Waals surface area contributed by atoms with Gasteiger partial charge in [-0.25, -0.2) is 4.98 Å². The highest BCUT2D eigenvalue weighted by molar-refractivity contribution is 5.80. The Hall–Kier alpha value is -1.51. The molecule has 3 nitrogen and oxygen atoms in total. The summed E-state index contributed by atoms with van der Waals surface area (Å²) >= 11 is 0. The normalized spacial score (nSPS) is 11.3. The third-order valence-corrected chi connectivity index (χ3v) is 2.47. The summed E-state index contributed by atoms with van der Waals surface area (Å²) in [6.45, 7) is 6.13. The Bertz CT molecular complexity index is 486. The molecule has 0 aliphatic carbocycles. The number of hydrogen-bond donors (Lipinski definition) is 0. The van der Waals surface area contributed by atoms with Crippen LogP contribution in [0.25, 0.3) is 11.1 Å². The fourth-order valence-electron chi connectivity index (χ4n) is 1.62. The summed E-state index contributed by atoms with van der Waals surface area (Å²) in [6, 6.07) is 4.07. The zero-order chi connectivity index (χ0) is 11.0.